The molecule has 1 aromatic rings. The molecule has 0 spiro atoms. The highest BCUT2D eigenvalue weighted by atomic mass is 16.6. The van der Waals surface area contributed by atoms with Crippen molar-refractivity contribution >= 4 is 11.6 Å². The zero-order chi connectivity index (χ0) is 12.8. The molecule has 0 aromatic heterocycles. The number of nitro groups is 1. The van der Waals surface area contributed by atoms with Gasteiger partial charge in [0.25, 0.3) is 11.6 Å². The first-order chi connectivity index (χ1) is 8.08. The lowest BCUT2D eigenvalue weighted by atomic mass is 10.2. The van der Waals surface area contributed by atoms with E-state index in [1.165, 1.54) is 24.3 Å². The van der Waals surface area contributed by atoms with Gasteiger partial charge in [-0.2, -0.15) is 0 Å². The van der Waals surface area contributed by atoms with Gasteiger partial charge in [-0.25, -0.2) is 5.84 Å². The summed E-state index contributed by atoms with van der Waals surface area (Å²) < 4.78 is 5.34. The Kier molecular flexibility index (Phi) is 4.41. The van der Waals surface area contributed by atoms with Crippen LogP contribution < -0.4 is 16.0 Å². The van der Waals surface area contributed by atoms with Gasteiger partial charge in [0, 0.05) is 12.1 Å². The molecule has 0 fully saturated rings. The van der Waals surface area contributed by atoms with E-state index in [0.717, 1.165) is 0 Å². The number of nitrogens with one attached hydrogen (secondary N) is 1. The van der Waals surface area contributed by atoms with E-state index in [-0.39, 0.29) is 5.69 Å². The molecule has 0 saturated heterocycles. The predicted octanol–water partition coefficient (Wildman–Crippen LogP) is 0.742. The first-order valence-electron chi connectivity index (χ1n) is 5.00. The predicted molar refractivity (Wildman–Crippen MR) is 60.1 cm³/mol. The van der Waals surface area contributed by atoms with Crippen molar-refractivity contribution in [2.45, 2.75) is 19.4 Å². The number of hydrazine groups is 1. The number of nitrogens with two attached hydrogens (primary N) is 1. The van der Waals surface area contributed by atoms with E-state index >= 15 is 0 Å². The van der Waals surface area contributed by atoms with Crippen LogP contribution in [0.3, 0.4) is 0 Å². The SMILES string of the molecule is CCC(Oc1ccc([N+](=O)[O-])cc1)C(=O)NN. The van der Waals surface area contributed by atoms with Crippen LogP contribution in [0.4, 0.5) is 5.69 Å². The molecule has 92 valence electrons. The molecule has 0 heterocycles. The molecule has 17 heavy (non-hydrogen) atoms. The summed E-state index contributed by atoms with van der Waals surface area (Å²) in [6.45, 7) is 1.77. The molecule has 1 rings (SSSR count). The summed E-state index contributed by atoms with van der Waals surface area (Å²) in [5, 5.41) is 10.4. The average molecular weight is 239 g/mol. The summed E-state index contributed by atoms with van der Waals surface area (Å²) in [5.74, 6) is 4.94. The summed E-state index contributed by atoms with van der Waals surface area (Å²) in [5.41, 5.74) is 1.96. The third kappa shape index (κ3) is 3.42. The van der Waals surface area contributed by atoms with Crippen LogP contribution in [0.5, 0.6) is 5.75 Å². The van der Waals surface area contributed by atoms with Gasteiger partial charge in [0.05, 0.1) is 4.92 Å². The van der Waals surface area contributed by atoms with E-state index in [2.05, 4.69) is 0 Å². The highest BCUT2D eigenvalue weighted by Gasteiger charge is 2.17. The summed E-state index contributed by atoms with van der Waals surface area (Å²) in [6, 6.07) is 5.49. The van der Waals surface area contributed by atoms with Crippen molar-refractivity contribution in [3.05, 3.63) is 34.4 Å². The molecular formula is C10H13N3O4. The van der Waals surface area contributed by atoms with Crippen molar-refractivity contribution in [2.24, 2.45) is 5.84 Å². The zero-order valence-corrected chi connectivity index (χ0v) is 9.25. The molecule has 3 N–H and O–H groups in total. The van der Waals surface area contributed by atoms with Crippen LogP contribution in [0.1, 0.15) is 13.3 Å². The standard InChI is InChI=1S/C10H13N3O4/c1-2-9(10(14)12-11)17-8-5-3-7(4-6-8)13(15)16/h3-6,9H,2,11H2,1H3,(H,12,14). The molecule has 0 radical (unpaired) electrons. The Labute approximate surface area is 97.7 Å². The third-order valence-corrected chi connectivity index (χ3v) is 2.13. The smallest absolute Gasteiger partial charge is 0.274 e. The number of benzene rings is 1. The number of rotatable bonds is 5. The van der Waals surface area contributed by atoms with Crippen molar-refractivity contribution in [3.8, 4) is 5.75 Å². The van der Waals surface area contributed by atoms with Gasteiger partial charge in [0.1, 0.15) is 5.75 Å². The minimum atomic E-state index is -0.707. The van der Waals surface area contributed by atoms with Crippen LogP contribution in [-0.4, -0.2) is 16.9 Å². The van der Waals surface area contributed by atoms with E-state index < -0.39 is 16.9 Å². The number of nitrogens with zero attached hydrogens (tertiary/aromatic N) is 1. The molecule has 0 aliphatic rings. The van der Waals surface area contributed by atoms with Gasteiger partial charge in [-0.3, -0.25) is 20.3 Å². The first-order valence-corrected chi connectivity index (χ1v) is 5.00. The number of ether oxygens (including phenoxy) is 1. The normalized spacial score (nSPS) is 11.6. The number of non-ortho nitro benzene ring substituents is 1. The number of carbonyl (C=O) groups excluding carboxylic acids is 1. The van der Waals surface area contributed by atoms with E-state index in [1.807, 2.05) is 5.43 Å². The second-order valence-corrected chi connectivity index (χ2v) is 3.27. The average Bonchev–Trinajstić information content (AvgIpc) is 2.35. The Morgan fingerprint density at radius 3 is 2.53 bits per heavy atom. The molecule has 0 bridgehead atoms. The Bertz CT molecular complexity index is 405. The van der Waals surface area contributed by atoms with E-state index in [1.54, 1.807) is 6.92 Å². The highest BCUT2D eigenvalue weighted by Crippen LogP contribution is 2.18. The molecule has 1 amide bonds. The highest BCUT2D eigenvalue weighted by molar-refractivity contribution is 5.80. The lowest BCUT2D eigenvalue weighted by Crippen LogP contribution is -2.41. The summed E-state index contributed by atoms with van der Waals surface area (Å²) in [6.07, 6.45) is -0.263. The molecule has 1 aromatic carbocycles. The molecule has 7 heteroatoms. The second kappa shape index (κ2) is 5.80. The minimum absolute atomic E-state index is 0.0336. The molecule has 0 aliphatic heterocycles. The number of hydrogen-bond acceptors (Lipinski definition) is 5. The van der Waals surface area contributed by atoms with Gasteiger partial charge < -0.3 is 4.74 Å². The van der Waals surface area contributed by atoms with Gasteiger partial charge >= 0.3 is 0 Å². The third-order valence-electron chi connectivity index (χ3n) is 2.13. The minimum Gasteiger partial charge on any atom is -0.481 e. The fourth-order valence-corrected chi connectivity index (χ4v) is 1.23. The van der Waals surface area contributed by atoms with Crippen molar-refractivity contribution in [3.63, 3.8) is 0 Å². The van der Waals surface area contributed by atoms with Crippen LogP contribution in [0.25, 0.3) is 0 Å². The van der Waals surface area contributed by atoms with Gasteiger partial charge in [-0.15, -0.1) is 0 Å². The van der Waals surface area contributed by atoms with Gasteiger partial charge in [0.15, 0.2) is 6.10 Å². The monoisotopic (exact) mass is 239 g/mol. The fourth-order valence-electron chi connectivity index (χ4n) is 1.23. The second-order valence-electron chi connectivity index (χ2n) is 3.27. The van der Waals surface area contributed by atoms with Crippen LogP contribution in [0, 0.1) is 10.1 Å². The van der Waals surface area contributed by atoms with Crippen LogP contribution in [0.15, 0.2) is 24.3 Å². The molecule has 0 saturated carbocycles. The summed E-state index contributed by atoms with van der Waals surface area (Å²) >= 11 is 0. The van der Waals surface area contributed by atoms with Crippen molar-refractivity contribution < 1.29 is 14.5 Å². The molecule has 1 unspecified atom stereocenters. The lowest BCUT2D eigenvalue weighted by Gasteiger charge is -2.15. The maximum atomic E-state index is 11.3. The topological polar surface area (TPSA) is 107 Å². The Balaban J connectivity index is 2.74. The van der Waals surface area contributed by atoms with Crippen LogP contribution >= 0.6 is 0 Å². The van der Waals surface area contributed by atoms with Gasteiger partial charge in [-0.1, -0.05) is 6.92 Å². The zero-order valence-electron chi connectivity index (χ0n) is 9.25. The quantitative estimate of drug-likeness (QED) is 0.341. The van der Waals surface area contributed by atoms with E-state index in [0.29, 0.717) is 12.2 Å². The van der Waals surface area contributed by atoms with E-state index in [9.17, 15) is 14.9 Å². The molecular weight excluding hydrogens is 226 g/mol. The van der Waals surface area contributed by atoms with Gasteiger partial charge in [0.2, 0.25) is 0 Å². The number of nitro benzene ring substituents is 1. The maximum Gasteiger partial charge on any atom is 0.274 e. The summed E-state index contributed by atoms with van der Waals surface area (Å²) in [4.78, 5) is 21.2. The van der Waals surface area contributed by atoms with Crippen molar-refractivity contribution in [1.82, 2.24) is 5.43 Å². The van der Waals surface area contributed by atoms with Crippen molar-refractivity contribution in [2.75, 3.05) is 0 Å². The lowest BCUT2D eigenvalue weighted by molar-refractivity contribution is -0.384. The Hall–Kier alpha value is -2.15. The molecule has 7 nitrogen and oxygen atoms in total. The fraction of sp³-hybridized carbons (Fsp3) is 0.300. The number of carbonyl (C=O) groups is 1. The Morgan fingerprint density at radius 2 is 2.12 bits per heavy atom. The first kappa shape index (κ1) is 12.9. The maximum absolute atomic E-state index is 11.3. The molecule has 1 atom stereocenters. The summed E-state index contributed by atoms with van der Waals surface area (Å²) in [7, 11) is 0. The van der Waals surface area contributed by atoms with E-state index in [4.69, 9.17) is 10.6 Å². The van der Waals surface area contributed by atoms with Crippen LogP contribution in [0.2, 0.25) is 0 Å². The largest absolute Gasteiger partial charge is 0.481 e. The molecule has 0 aliphatic carbocycles. The van der Waals surface area contributed by atoms with Crippen molar-refractivity contribution in [1.29, 1.82) is 0 Å². The number of amides is 1. The Morgan fingerprint density at radius 1 is 1.53 bits per heavy atom. The van der Waals surface area contributed by atoms with Gasteiger partial charge in [-0.05, 0) is 18.6 Å². The number of hydrogen-bond donors (Lipinski definition) is 2. The van der Waals surface area contributed by atoms with Crippen LogP contribution in [-0.2, 0) is 4.79 Å².